The van der Waals surface area contributed by atoms with Gasteiger partial charge in [0.1, 0.15) is 23.2 Å². The molecule has 0 aliphatic carbocycles. The highest BCUT2D eigenvalue weighted by molar-refractivity contribution is 5.75. The lowest BCUT2D eigenvalue weighted by molar-refractivity contribution is 0.415. The zero-order chi connectivity index (χ0) is 17.1. The third kappa shape index (κ3) is 2.90. The second-order valence-corrected chi connectivity index (χ2v) is 5.15. The first-order chi connectivity index (χ1) is 11.6. The fraction of sp³-hybridized carbons (Fsp3) is 0.0526. The number of benzene rings is 2. The molecular weight excluding hydrogens is 307 g/mol. The molecule has 0 fully saturated rings. The summed E-state index contributed by atoms with van der Waals surface area (Å²) in [5.74, 6) is 0.325. The Bertz CT molecular complexity index is 968. The minimum Gasteiger partial charge on any atom is -0.497 e. The van der Waals surface area contributed by atoms with E-state index in [9.17, 15) is 14.4 Å². The largest absolute Gasteiger partial charge is 0.497 e. The second kappa shape index (κ2) is 6.39. The van der Waals surface area contributed by atoms with Crippen LogP contribution in [0.4, 0.5) is 4.39 Å². The van der Waals surface area contributed by atoms with Crippen LogP contribution in [0, 0.1) is 17.1 Å². The molecule has 1 aromatic heterocycles. The number of pyridine rings is 1. The van der Waals surface area contributed by atoms with Gasteiger partial charge in [0, 0.05) is 11.3 Å². The normalized spacial score (nSPS) is 10.2. The molecular formula is C19H13FN2O2. The van der Waals surface area contributed by atoms with E-state index in [4.69, 9.17) is 4.74 Å². The van der Waals surface area contributed by atoms with E-state index < -0.39 is 5.56 Å². The average Bonchev–Trinajstić information content (AvgIpc) is 2.61. The van der Waals surface area contributed by atoms with Crippen LogP contribution in [0.25, 0.3) is 22.4 Å². The molecule has 5 heteroatoms. The standard InChI is InChI=1S/C19H13FN2O2/c1-24-15-8-4-12(5-9-15)16-10-18(22-19(23)17(16)11-21)13-2-6-14(20)7-3-13/h2-10H,1H3,(H,22,23). The van der Waals surface area contributed by atoms with Gasteiger partial charge < -0.3 is 9.72 Å². The molecule has 0 aliphatic rings. The van der Waals surface area contributed by atoms with Gasteiger partial charge in [-0.05, 0) is 53.6 Å². The average molecular weight is 320 g/mol. The van der Waals surface area contributed by atoms with Gasteiger partial charge in [0.15, 0.2) is 0 Å². The van der Waals surface area contributed by atoms with Crippen LogP contribution in [0.2, 0.25) is 0 Å². The molecule has 1 N–H and O–H groups in total. The third-order valence-electron chi connectivity index (χ3n) is 3.70. The van der Waals surface area contributed by atoms with Gasteiger partial charge in [0.2, 0.25) is 0 Å². The maximum atomic E-state index is 13.1. The van der Waals surface area contributed by atoms with Crippen molar-refractivity contribution < 1.29 is 9.13 Å². The van der Waals surface area contributed by atoms with Crippen molar-refractivity contribution in [2.45, 2.75) is 0 Å². The number of hydrogen-bond donors (Lipinski definition) is 1. The quantitative estimate of drug-likeness (QED) is 0.799. The summed E-state index contributed by atoms with van der Waals surface area (Å²) in [4.78, 5) is 14.9. The van der Waals surface area contributed by atoms with Crippen LogP contribution < -0.4 is 10.3 Å². The van der Waals surface area contributed by atoms with Crippen molar-refractivity contribution in [3.63, 3.8) is 0 Å². The van der Waals surface area contributed by atoms with E-state index >= 15 is 0 Å². The third-order valence-corrected chi connectivity index (χ3v) is 3.70. The summed E-state index contributed by atoms with van der Waals surface area (Å²) in [7, 11) is 1.57. The summed E-state index contributed by atoms with van der Waals surface area (Å²) in [6.45, 7) is 0. The van der Waals surface area contributed by atoms with E-state index in [1.165, 1.54) is 12.1 Å². The Kier molecular flexibility index (Phi) is 4.13. The molecule has 3 aromatic rings. The summed E-state index contributed by atoms with van der Waals surface area (Å²) in [6.07, 6.45) is 0. The lowest BCUT2D eigenvalue weighted by Gasteiger charge is -2.09. The molecule has 24 heavy (non-hydrogen) atoms. The summed E-state index contributed by atoms with van der Waals surface area (Å²) in [5, 5.41) is 9.31. The van der Waals surface area contributed by atoms with E-state index in [1.54, 1.807) is 49.6 Å². The highest BCUT2D eigenvalue weighted by Gasteiger charge is 2.12. The van der Waals surface area contributed by atoms with Gasteiger partial charge in [-0.1, -0.05) is 12.1 Å². The van der Waals surface area contributed by atoms with Crippen molar-refractivity contribution in [1.29, 1.82) is 5.26 Å². The van der Waals surface area contributed by atoms with Gasteiger partial charge in [-0.15, -0.1) is 0 Å². The predicted octanol–water partition coefficient (Wildman–Crippen LogP) is 3.73. The number of aromatic nitrogens is 1. The molecule has 2 aromatic carbocycles. The molecule has 3 rings (SSSR count). The molecule has 0 saturated heterocycles. The summed E-state index contributed by atoms with van der Waals surface area (Å²) >= 11 is 0. The zero-order valence-corrected chi connectivity index (χ0v) is 12.8. The van der Waals surface area contributed by atoms with Crippen LogP contribution in [-0.2, 0) is 0 Å². The zero-order valence-electron chi connectivity index (χ0n) is 12.8. The number of ether oxygens (including phenoxy) is 1. The highest BCUT2D eigenvalue weighted by atomic mass is 19.1. The van der Waals surface area contributed by atoms with Gasteiger partial charge in [-0.2, -0.15) is 5.26 Å². The van der Waals surface area contributed by atoms with Crippen molar-refractivity contribution in [3.05, 3.63) is 76.3 Å². The molecule has 0 amide bonds. The number of nitrogens with zero attached hydrogens (tertiary/aromatic N) is 1. The van der Waals surface area contributed by atoms with Crippen LogP contribution in [0.3, 0.4) is 0 Å². The second-order valence-electron chi connectivity index (χ2n) is 5.15. The van der Waals surface area contributed by atoms with Gasteiger partial charge in [0.05, 0.1) is 7.11 Å². The first-order valence-corrected chi connectivity index (χ1v) is 7.20. The monoisotopic (exact) mass is 320 g/mol. The lowest BCUT2D eigenvalue weighted by atomic mass is 9.99. The molecule has 0 radical (unpaired) electrons. The molecule has 0 unspecified atom stereocenters. The van der Waals surface area contributed by atoms with Crippen molar-refractivity contribution in [1.82, 2.24) is 4.98 Å². The smallest absolute Gasteiger partial charge is 0.266 e. The van der Waals surface area contributed by atoms with E-state index in [1.807, 2.05) is 6.07 Å². The van der Waals surface area contributed by atoms with Gasteiger partial charge >= 0.3 is 0 Å². The van der Waals surface area contributed by atoms with Crippen LogP contribution in [0.15, 0.2) is 59.4 Å². The number of nitrogens with one attached hydrogen (secondary N) is 1. The Labute approximate surface area is 137 Å². The number of rotatable bonds is 3. The maximum Gasteiger partial charge on any atom is 0.266 e. The summed E-state index contributed by atoms with van der Waals surface area (Å²) < 4.78 is 18.2. The lowest BCUT2D eigenvalue weighted by Crippen LogP contribution is -2.12. The molecule has 1 heterocycles. The first kappa shape index (κ1) is 15.5. The summed E-state index contributed by atoms with van der Waals surface area (Å²) in [5.41, 5.74) is 1.97. The van der Waals surface area contributed by atoms with Crippen molar-refractivity contribution in [2.75, 3.05) is 7.11 Å². The maximum absolute atomic E-state index is 13.1. The highest BCUT2D eigenvalue weighted by Crippen LogP contribution is 2.27. The van der Waals surface area contributed by atoms with E-state index in [2.05, 4.69) is 4.98 Å². The number of H-pyrrole nitrogens is 1. The fourth-order valence-corrected chi connectivity index (χ4v) is 2.45. The number of aromatic amines is 1. The SMILES string of the molecule is COc1ccc(-c2cc(-c3ccc(F)cc3)[nH]c(=O)c2C#N)cc1. The molecule has 118 valence electrons. The molecule has 0 saturated carbocycles. The molecule has 0 aliphatic heterocycles. The van der Waals surface area contributed by atoms with Gasteiger partial charge in [0.25, 0.3) is 5.56 Å². The Morgan fingerprint density at radius 3 is 2.25 bits per heavy atom. The Hall–Kier alpha value is -3.39. The van der Waals surface area contributed by atoms with Crippen molar-refractivity contribution >= 4 is 0 Å². The number of hydrogen-bond acceptors (Lipinski definition) is 3. The topological polar surface area (TPSA) is 65.9 Å². The van der Waals surface area contributed by atoms with Crippen LogP contribution in [0.5, 0.6) is 5.75 Å². The molecule has 0 atom stereocenters. The van der Waals surface area contributed by atoms with Crippen LogP contribution >= 0.6 is 0 Å². The van der Waals surface area contributed by atoms with Crippen molar-refractivity contribution in [3.8, 4) is 34.2 Å². The number of methoxy groups -OCH3 is 1. The van der Waals surface area contributed by atoms with Crippen LogP contribution in [-0.4, -0.2) is 12.1 Å². The number of halogens is 1. The Morgan fingerprint density at radius 1 is 1.04 bits per heavy atom. The van der Waals surface area contributed by atoms with E-state index in [0.29, 0.717) is 22.6 Å². The summed E-state index contributed by atoms with van der Waals surface area (Å²) in [6, 6.07) is 16.5. The van der Waals surface area contributed by atoms with Gasteiger partial charge in [-0.25, -0.2) is 4.39 Å². The fourth-order valence-electron chi connectivity index (χ4n) is 2.45. The number of nitriles is 1. The first-order valence-electron chi connectivity index (χ1n) is 7.20. The Balaban J connectivity index is 2.18. The minimum absolute atomic E-state index is 0.0334. The van der Waals surface area contributed by atoms with Gasteiger partial charge in [-0.3, -0.25) is 4.79 Å². The van der Waals surface area contributed by atoms with Crippen LogP contribution in [0.1, 0.15) is 5.56 Å². The molecule has 0 bridgehead atoms. The predicted molar refractivity (Wildman–Crippen MR) is 89.2 cm³/mol. The van der Waals surface area contributed by atoms with E-state index in [0.717, 1.165) is 5.56 Å². The molecule has 4 nitrogen and oxygen atoms in total. The van der Waals surface area contributed by atoms with E-state index in [-0.39, 0.29) is 11.4 Å². The molecule has 0 spiro atoms. The minimum atomic E-state index is -0.481. The van der Waals surface area contributed by atoms with Crippen molar-refractivity contribution in [2.24, 2.45) is 0 Å². The Morgan fingerprint density at radius 2 is 1.67 bits per heavy atom.